The Morgan fingerprint density at radius 1 is 0.786 bits per heavy atom. The van der Waals surface area contributed by atoms with Crippen LogP contribution in [0.1, 0.15) is 117 Å². The molecule has 0 spiro atoms. The van der Waals surface area contributed by atoms with Crippen molar-refractivity contribution < 1.29 is 19.4 Å². The molecule has 1 unspecified atom stereocenters. The van der Waals surface area contributed by atoms with Gasteiger partial charge in [-0.1, -0.05) is 90.2 Å². The molecule has 0 aromatic rings. The number of carbonyl (C=O) groups is 2. The van der Waals surface area contributed by atoms with E-state index in [1.807, 2.05) is 6.92 Å². The van der Waals surface area contributed by atoms with Crippen molar-refractivity contribution in [1.29, 1.82) is 0 Å². The highest BCUT2D eigenvalue weighted by Gasteiger charge is 2.22. The fourth-order valence-electron chi connectivity index (χ4n) is 3.30. The lowest BCUT2D eigenvalue weighted by molar-refractivity contribution is -0.153. The van der Waals surface area contributed by atoms with E-state index in [0.717, 1.165) is 19.3 Å². The highest BCUT2D eigenvalue weighted by Crippen LogP contribution is 2.18. The van der Waals surface area contributed by atoms with Crippen LogP contribution in [0.25, 0.3) is 0 Å². The first-order valence-electron chi connectivity index (χ1n) is 11.6. The monoisotopic (exact) mass is 396 g/mol. The van der Waals surface area contributed by atoms with Crippen molar-refractivity contribution in [2.75, 3.05) is 6.61 Å². The minimum absolute atomic E-state index is 0.114. The van der Waals surface area contributed by atoms with Gasteiger partial charge in [-0.15, -0.1) is 0 Å². The molecular formula is C24H44O4. The topological polar surface area (TPSA) is 63.6 Å². The summed E-state index contributed by atoms with van der Waals surface area (Å²) < 4.78 is 5.12. The van der Waals surface area contributed by atoms with Gasteiger partial charge in [-0.05, 0) is 32.1 Å². The first-order valence-corrected chi connectivity index (χ1v) is 11.6. The molecule has 1 N–H and O–H groups in total. The van der Waals surface area contributed by atoms with Gasteiger partial charge in [-0.2, -0.15) is 0 Å². The van der Waals surface area contributed by atoms with Crippen molar-refractivity contribution >= 4 is 11.9 Å². The summed E-state index contributed by atoms with van der Waals surface area (Å²) in [5, 5.41) is 8.97. The Kier molecular flexibility index (Phi) is 19.5. The predicted molar refractivity (Wildman–Crippen MR) is 116 cm³/mol. The van der Waals surface area contributed by atoms with E-state index in [1.165, 1.54) is 70.6 Å². The molecule has 0 aliphatic heterocycles. The third kappa shape index (κ3) is 18.1. The van der Waals surface area contributed by atoms with Gasteiger partial charge in [-0.3, -0.25) is 9.59 Å². The number of aliphatic carboxylic acids is 1. The summed E-state index contributed by atoms with van der Waals surface area (Å²) >= 11 is 0. The van der Waals surface area contributed by atoms with Crippen LogP contribution in [0.4, 0.5) is 0 Å². The number of hydrogen-bond acceptors (Lipinski definition) is 3. The average molecular weight is 397 g/mol. The van der Waals surface area contributed by atoms with Crippen LogP contribution in [0.5, 0.6) is 0 Å². The van der Waals surface area contributed by atoms with E-state index in [1.54, 1.807) is 0 Å². The number of rotatable bonds is 20. The SMILES string of the molecule is CCC/C=C/CCCCCCCCCCCCC(CC(=O)O)C(=O)OCCC. The van der Waals surface area contributed by atoms with Crippen LogP contribution in [0, 0.1) is 5.92 Å². The van der Waals surface area contributed by atoms with Gasteiger partial charge < -0.3 is 9.84 Å². The van der Waals surface area contributed by atoms with Crippen LogP contribution >= 0.6 is 0 Å². The van der Waals surface area contributed by atoms with E-state index in [4.69, 9.17) is 9.84 Å². The van der Waals surface area contributed by atoms with Gasteiger partial charge in [0.15, 0.2) is 0 Å². The maximum absolute atomic E-state index is 11.9. The van der Waals surface area contributed by atoms with Crippen molar-refractivity contribution in [2.45, 2.75) is 117 Å². The van der Waals surface area contributed by atoms with Crippen LogP contribution in [-0.2, 0) is 14.3 Å². The third-order valence-electron chi connectivity index (χ3n) is 5.00. The number of allylic oxidation sites excluding steroid dienone is 2. The Hall–Kier alpha value is -1.32. The smallest absolute Gasteiger partial charge is 0.309 e. The fraction of sp³-hybridized carbons (Fsp3) is 0.833. The molecule has 0 aliphatic carbocycles. The molecule has 0 aromatic carbocycles. The van der Waals surface area contributed by atoms with E-state index in [0.29, 0.717) is 13.0 Å². The van der Waals surface area contributed by atoms with Gasteiger partial charge in [0.1, 0.15) is 0 Å². The predicted octanol–water partition coefficient (Wildman–Crippen LogP) is 7.07. The van der Waals surface area contributed by atoms with Crippen LogP contribution in [0.3, 0.4) is 0 Å². The lowest BCUT2D eigenvalue weighted by Gasteiger charge is -2.13. The summed E-state index contributed by atoms with van der Waals surface area (Å²) in [6, 6.07) is 0. The van der Waals surface area contributed by atoms with E-state index in [-0.39, 0.29) is 12.4 Å². The summed E-state index contributed by atoms with van der Waals surface area (Å²) in [4.78, 5) is 22.9. The Morgan fingerprint density at radius 3 is 1.86 bits per heavy atom. The van der Waals surface area contributed by atoms with Crippen LogP contribution < -0.4 is 0 Å². The van der Waals surface area contributed by atoms with Crippen LogP contribution in [0.15, 0.2) is 12.2 Å². The zero-order chi connectivity index (χ0) is 20.9. The second-order valence-corrected chi connectivity index (χ2v) is 7.84. The van der Waals surface area contributed by atoms with Gasteiger partial charge in [0.05, 0.1) is 18.9 Å². The third-order valence-corrected chi connectivity index (χ3v) is 5.00. The van der Waals surface area contributed by atoms with Crippen LogP contribution in [0.2, 0.25) is 0 Å². The molecule has 1 atom stereocenters. The number of esters is 1. The Morgan fingerprint density at radius 2 is 1.32 bits per heavy atom. The Bertz CT molecular complexity index is 403. The molecule has 28 heavy (non-hydrogen) atoms. The molecule has 0 heterocycles. The highest BCUT2D eigenvalue weighted by atomic mass is 16.5. The summed E-state index contributed by atoms with van der Waals surface area (Å²) in [5.41, 5.74) is 0. The summed E-state index contributed by atoms with van der Waals surface area (Å²) in [6.45, 7) is 4.53. The molecule has 0 saturated heterocycles. The Balaban J connectivity index is 3.55. The van der Waals surface area contributed by atoms with Gasteiger partial charge in [0.2, 0.25) is 0 Å². The van der Waals surface area contributed by atoms with Crippen molar-refractivity contribution in [2.24, 2.45) is 5.92 Å². The molecule has 0 bridgehead atoms. The molecule has 0 fully saturated rings. The number of hydrogen-bond donors (Lipinski definition) is 1. The second-order valence-electron chi connectivity index (χ2n) is 7.84. The highest BCUT2D eigenvalue weighted by molar-refractivity contribution is 5.79. The number of unbranched alkanes of at least 4 members (excludes halogenated alkanes) is 11. The quantitative estimate of drug-likeness (QED) is 0.136. The van der Waals surface area contributed by atoms with E-state index in [9.17, 15) is 9.59 Å². The lowest BCUT2D eigenvalue weighted by atomic mass is 9.97. The van der Waals surface area contributed by atoms with Crippen molar-refractivity contribution in [3.8, 4) is 0 Å². The van der Waals surface area contributed by atoms with Crippen molar-refractivity contribution in [1.82, 2.24) is 0 Å². The molecule has 0 aromatic heterocycles. The van der Waals surface area contributed by atoms with Crippen LogP contribution in [-0.4, -0.2) is 23.7 Å². The normalized spacial score (nSPS) is 12.4. The van der Waals surface area contributed by atoms with Gasteiger partial charge in [-0.25, -0.2) is 0 Å². The summed E-state index contributed by atoms with van der Waals surface area (Å²) in [7, 11) is 0. The summed E-state index contributed by atoms with van der Waals surface area (Å²) in [6.07, 6.45) is 21.9. The number of carboxylic acids is 1. The first-order chi connectivity index (χ1) is 13.6. The van der Waals surface area contributed by atoms with Crippen molar-refractivity contribution in [3.05, 3.63) is 12.2 Å². The maximum Gasteiger partial charge on any atom is 0.309 e. The Labute approximate surface area is 173 Å². The molecule has 0 saturated carbocycles. The van der Waals surface area contributed by atoms with Gasteiger partial charge in [0.25, 0.3) is 0 Å². The van der Waals surface area contributed by atoms with E-state index < -0.39 is 11.9 Å². The molecule has 4 heteroatoms. The van der Waals surface area contributed by atoms with E-state index >= 15 is 0 Å². The lowest BCUT2D eigenvalue weighted by Crippen LogP contribution is -2.21. The zero-order valence-electron chi connectivity index (χ0n) is 18.4. The summed E-state index contributed by atoms with van der Waals surface area (Å²) in [5.74, 6) is -1.75. The molecule has 4 nitrogen and oxygen atoms in total. The van der Waals surface area contributed by atoms with Gasteiger partial charge >= 0.3 is 11.9 Å². The first kappa shape index (κ1) is 26.7. The molecule has 0 radical (unpaired) electrons. The number of ether oxygens (including phenoxy) is 1. The fourth-order valence-corrected chi connectivity index (χ4v) is 3.30. The standard InChI is InChI=1S/C24H44O4/c1-3-5-6-7-8-9-10-11-12-13-14-15-16-17-18-19-22(21-23(25)26)24(27)28-20-4-2/h6-7,22H,3-5,8-21H2,1-2H3,(H,25,26)/b7-6+. The second kappa shape index (κ2) is 20.4. The van der Waals surface area contributed by atoms with Crippen molar-refractivity contribution in [3.63, 3.8) is 0 Å². The molecule has 0 aliphatic rings. The minimum Gasteiger partial charge on any atom is -0.481 e. The minimum atomic E-state index is -0.921. The molecular weight excluding hydrogens is 352 g/mol. The van der Waals surface area contributed by atoms with Gasteiger partial charge in [0, 0.05) is 0 Å². The number of carboxylic acid groups (broad SMARTS) is 1. The molecule has 0 amide bonds. The van der Waals surface area contributed by atoms with E-state index in [2.05, 4.69) is 19.1 Å². The number of carbonyl (C=O) groups excluding carboxylic acids is 1. The average Bonchev–Trinajstić information content (AvgIpc) is 2.67. The maximum atomic E-state index is 11.9. The molecule has 0 rings (SSSR count). The molecule has 164 valence electrons. The zero-order valence-corrected chi connectivity index (χ0v) is 18.4. The largest absolute Gasteiger partial charge is 0.481 e.